The Morgan fingerprint density at radius 1 is 1.12 bits per heavy atom. The summed E-state index contributed by atoms with van der Waals surface area (Å²) in [6, 6.07) is 18.7. The van der Waals surface area contributed by atoms with Gasteiger partial charge in [0.1, 0.15) is 0 Å². The quantitative estimate of drug-likeness (QED) is 0.704. The van der Waals surface area contributed by atoms with E-state index in [0.717, 1.165) is 25.1 Å². The van der Waals surface area contributed by atoms with Crippen LogP contribution in [-0.2, 0) is 11.3 Å². The van der Waals surface area contributed by atoms with Gasteiger partial charge < -0.3 is 9.64 Å². The molecule has 0 bridgehead atoms. The first-order valence-electron chi connectivity index (χ1n) is 8.79. The van der Waals surface area contributed by atoms with Crippen LogP contribution in [0.5, 0.6) is 0 Å². The molecule has 1 heterocycles. The SMILES string of the molecule is CCC(=O)c1ccc(N2CCCC2COCc2ccccc2)cc1. The first-order valence-corrected chi connectivity index (χ1v) is 8.79. The number of rotatable bonds is 7. The fourth-order valence-electron chi connectivity index (χ4n) is 3.28. The van der Waals surface area contributed by atoms with E-state index < -0.39 is 0 Å². The van der Waals surface area contributed by atoms with E-state index in [1.807, 2.05) is 37.3 Å². The first-order chi connectivity index (χ1) is 11.8. The molecule has 0 amide bonds. The Bertz CT molecular complexity index is 651. The minimum atomic E-state index is 0.200. The molecule has 0 saturated carbocycles. The minimum absolute atomic E-state index is 0.200. The maximum atomic E-state index is 11.8. The summed E-state index contributed by atoms with van der Waals surface area (Å²) >= 11 is 0. The van der Waals surface area contributed by atoms with E-state index in [1.54, 1.807) is 0 Å². The second-order valence-corrected chi connectivity index (χ2v) is 6.31. The van der Waals surface area contributed by atoms with Gasteiger partial charge in [0.05, 0.1) is 19.3 Å². The zero-order valence-corrected chi connectivity index (χ0v) is 14.3. The molecule has 3 heteroatoms. The van der Waals surface area contributed by atoms with Crippen molar-refractivity contribution in [2.24, 2.45) is 0 Å². The van der Waals surface area contributed by atoms with Gasteiger partial charge in [0.2, 0.25) is 0 Å². The van der Waals surface area contributed by atoms with Gasteiger partial charge in [-0.05, 0) is 42.7 Å². The van der Waals surface area contributed by atoms with Crippen molar-refractivity contribution in [2.45, 2.75) is 38.8 Å². The van der Waals surface area contributed by atoms with Crippen LogP contribution < -0.4 is 4.90 Å². The van der Waals surface area contributed by atoms with Crippen LogP contribution in [0.2, 0.25) is 0 Å². The molecule has 0 N–H and O–H groups in total. The molecule has 1 unspecified atom stereocenters. The predicted molar refractivity (Wildman–Crippen MR) is 97.5 cm³/mol. The number of carbonyl (C=O) groups excluding carboxylic acids is 1. The van der Waals surface area contributed by atoms with Crippen molar-refractivity contribution >= 4 is 11.5 Å². The van der Waals surface area contributed by atoms with Crippen molar-refractivity contribution in [1.29, 1.82) is 0 Å². The van der Waals surface area contributed by atoms with Gasteiger partial charge in [-0.15, -0.1) is 0 Å². The molecule has 24 heavy (non-hydrogen) atoms. The number of hydrogen-bond donors (Lipinski definition) is 0. The molecule has 1 saturated heterocycles. The van der Waals surface area contributed by atoms with Gasteiger partial charge >= 0.3 is 0 Å². The monoisotopic (exact) mass is 323 g/mol. The van der Waals surface area contributed by atoms with Gasteiger partial charge in [0.25, 0.3) is 0 Å². The average molecular weight is 323 g/mol. The number of nitrogens with zero attached hydrogens (tertiary/aromatic N) is 1. The van der Waals surface area contributed by atoms with Crippen LogP contribution in [0.15, 0.2) is 54.6 Å². The van der Waals surface area contributed by atoms with Crippen molar-refractivity contribution in [2.75, 3.05) is 18.1 Å². The number of anilines is 1. The summed E-state index contributed by atoms with van der Waals surface area (Å²) in [6.45, 7) is 4.36. The molecule has 126 valence electrons. The molecular formula is C21H25NO2. The molecule has 3 nitrogen and oxygen atoms in total. The van der Waals surface area contributed by atoms with Crippen molar-refractivity contribution in [3.63, 3.8) is 0 Å². The zero-order valence-electron chi connectivity index (χ0n) is 14.3. The third kappa shape index (κ3) is 4.04. The smallest absolute Gasteiger partial charge is 0.162 e. The third-order valence-corrected chi connectivity index (χ3v) is 4.64. The Morgan fingerprint density at radius 3 is 2.58 bits per heavy atom. The number of Topliss-reactive ketones (excluding diaryl/α,β-unsaturated/α-hetero) is 1. The molecule has 3 rings (SSSR count). The van der Waals surface area contributed by atoms with Gasteiger partial charge in [-0.25, -0.2) is 0 Å². The molecule has 1 aliphatic rings. The van der Waals surface area contributed by atoms with Crippen molar-refractivity contribution in [3.05, 3.63) is 65.7 Å². The van der Waals surface area contributed by atoms with E-state index in [4.69, 9.17) is 4.74 Å². The highest BCUT2D eigenvalue weighted by atomic mass is 16.5. The summed E-state index contributed by atoms with van der Waals surface area (Å²) in [5.41, 5.74) is 3.20. The van der Waals surface area contributed by atoms with E-state index in [1.165, 1.54) is 17.7 Å². The Hall–Kier alpha value is -2.13. The lowest BCUT2D eigenvalue weighted by atomic mass is 10.1. The predicted octanol–water partition coefficient (Wildman–Crippen LogP) is 4.46. The summed E-state index contributed by atoms with van der Waals surface area (Å²) in [7, 11) is 0. The molecule has 1 fully saturated rings. The Balaban J connectivity index is 1.57. The fourth-order valence-corrected chi connectivity index (χ4v) is 3.28. The summed E-state index contributed by atoms with van der Waals surface area (Å²) in [4.78, 5) is 14.2. The number of carbonyl (C=O) groups is 1. The van der Waals surface area contributed by atoms with Gasteiger partial charge in [-0.3, -0.25) is 4.79 Å². The lowest BCUT2D eigenvalue weighted by molar-refractivity contribution is 0.0988. The van der Waals surface area contributed by atoms with Gasteiger partial charge in [-0.1, -0.05) is 37.3 Å². The van der Waals surface area contributed by atoms with Crippen LogP contribution in [0.4, 0.5) is 5.69 Å². The van der Waals surface area contributed by atoms with E-state index >= 15 is 0 Å². The summed E-state index contributed by atoms with van der Waals surface area (Å²) < 4.78 is 5.94. The Kier molecular flexibility index (Phi) is 5.65. The highest BCUT2D eigenvalue weighted by Crippen LogP contribution is 2.26. The maximum absolute atomic E-state index is 11.8. The molecular weight excluding hydrogens is 298 g/mol. The first kappa shape index (κ1) is 16.7. The molecule has 2 aromatic rings. The van der Waals surface area contributed by atoms with Crippen LogP contribution in [0.25, 0.3) is 0 Å². The molecule has 1 atom stereocenters. The highest BCUT2D eigenvalue weighted by molar-refractivity contribution is 5.96. The molecule has 1 aliphatic heterocycles. The largest absolute Gasteiger partial charge is 0.375 e. The third-order valence-electron chi connectivity index (χ3n) is 4.64. The van der Waals surface area contributed by atoms with E-state index in [9.17, 15) is 4.79 Å². The summed E-state index contributed by atoms with van der Waals surface area (Å²) in [6.07, 6.45) is 2.90. The van der Waals surface area contributed by atoms with E-state index in [2.05, 4.69) is 29.2 Å². The van der Waals surface area contributed by atoms with E-state index in [0.29, 0.717) is 19.1 Å². The van der Waals surface area contributed by atoms with Gasteiger partial charge in [0.15, 0.2) is 5.78 Å². The zero-order chi connectivity index (χ0) is 16.8. The highest BCUT2D eigenvalue weighted by Gasteiger charge is 2.25. The summed E-state index contributed by atoms with van der Waals surface area (Å²) in [5.74, 6) is 0.200. The minimum Gasteiger partial charge on any atom is -0.375 e. The second-order valence-electron chi connectivity index (χ2n) is 6.31. The Morgan fingerprint density at radius 2 is 1.88 bits per heavy atom. The second kappa shape index (κ2) is 8.11. The number of ether oxygens (including phenoxy) is 1. The normalized spacial score (nSPS) is 17.2. The van der Waals surface area contributed by atoms with Crippen LogP contribution >= 0.6 is 0 Å². The van der Waals surface area contributed by atoms with Gasteiger partial charge in [-0.2, -0.15) is 0 Å². The maximum Gasteiger partial charge on any atom is 0.162 e. The molecule has 0 radical (unpaired) electrons. The molecule has 0 aromatic heterocycles. The lowest BCUT2D eigenvalue weighted by Crippen LogP contribution is -2.33. The summed E-state index contributed by atoms with van der Waals surface area (Å²) in [5, 5.41) is 0. The lowest BCUT2D eigenvalue weighted by Gasteiger charge is -2.27. The number of ketones is 1. The molecule has 0 spiro atoms. The van der Waals surface area contributed by atoms with Gasteiger partial charge in [0, 0.05) is 24.2 Å². The van der Waals surface area contributed by atoms with Crippen LogP contribution in [0.1, 0.15) is 42.1 Å². The van der Waals surface area contributed by atoms with Crippen LogP contribution in [0, 0.1) is 0 Å². The van der Waals surface area contributed by atoms with Crippen LogP contribution in [0.3, 0.4) is 0 Å². The number of benzene rings is 2. The standard InChI is InChI=1S/C21H25NO2/c1-2-21(23)18-10-12-19(13-11-18)22-14-6-9-20(22)16-24-15-17-7-4-3-5-8-17/h3-5,7-8,10-13,20H,2,6,9,14-16H2,1H3. The number of hydrogen-bond acceptors (Lipinski definition) is 3. The molecule has 0 aliphatic carbocycles. The van der Waals surface area contributed by atoms with E-state index in [-0.39, 0.29) is 5.78 Å². The Labute approximate surface area is 144 Å². The van der Waals surface area contributed by atoms with Crippen molar-refractivity contribution in [3.8, 4) is 0 Å². The molecule has 2 aromatic carbocycles. The van der Waals surface area contributed by atoms with Crippen LogP contribution in [-0.4, -0.2) is 25.0 Å². The van der Waals surface area contributed by atoms with Crippen molar-refractivity contribution < 1.29 is 9.53 Å². The average Bonchev–Trinajstić information content (AvgIpc) is 3.10. The topological polar surface area (TPSA) is 29.5 Å². The fraction of sp³-hybridized carbons (Fsp3) is 0.381. The van der Waals surface area contributed by atoms with Crippen molar-refractivity contribution in [1.82, 2.24) is 0 Å².